The summed E-state index contributed by atoms with van der Waals surface area (Å²) in [7, 11) is -10.1. The second-order valence-corrected chi connectivity index (χ2v) is 9.96. The van der Waals surface area contributed by atoms with Crippen LogP contribution in [0.2, 0.25) is 0 Å². The fraction of sp³-hybridized carbons (Fsp3) is 0.733. The van der Waals surface area contributed by atoms with Crippen LogP contribution in [0.25, 0.3) is 0 Å². The van der Waals surface area contributed by atoms with Crippen LogP contribution in [-0.2, 0) is 27.2 Å². The van der Waals surface area contributed by atoms with Gasteiger partial charge in [-0.2, -0.15) is 4.31 Å². The Bertz CT molecular complexity index is 952. The number of nitrogens with one attached hydrogen (secondary N) is 1. The number of hydrogen-bond donors (Lipinski definition) is 6. The van der Waals surface area contributed by atoms with Crippen LogP contribution in [0.3, 0.4) is 0 Å². The molecule has 17 heteroatoms. The molecule has 1 aromatic rings. The van der Waals surface area contributed by atoms with E-state index in [2.05, 4.69) is 13.4 Å². The van der Waals surface area contributed by atoms with Crippen molar-refractivity contribution in [2.75, 3.05) is 19.8 Å². The molecular formula is C15H27N3O12P2. The summed E-state index contributed by atoms with van der Waals surface area (Å²) in [5.41, 5.74) is 3.73. The summed E-state index contributed by atoms with van der Waals surface area (Å²) >= 11 is 0. The van der Waals surface area contributed by atoms with Gasteiger partial charge in [0.05, 0.1) is 13.2 Å². The van der Waals surface area contributed by atoms with Gasteiger partial charge in [0.2, 0.25) is 0 Å². The van der Waals surface area contributed by atoms with Crippen molar-refractivity contribution in [2.24, 2.45) is 5.73 Å². The van der Waals surface area contributed by atoms with Crippen LogP contribution in [0, 0.1) is 0 Å². The van der Waals surface area contributed by atoms with Crippen LogP contribution in [0.4, 0.5) is 0 Å². The van der Waals surface area contributed by atoms with Crippen LogP contribution in [0.1, 0.15) is 31.9 Å². The molecule has 0 spiro atoms. The molecule has 0 aliphatic carbocycles. The lowest BCUT2D eigenvalue weighted by Crippen LogP contribution is -2.37. The van der Waals surface area contributed by atoms with Gasteiger partial charge in [-0.3, -0.25) is 23.4 Å². The summed E-state index contributed by atoms with van der Waals surface area (Å²) in [4.78, 5) is 44.2. The molecule has 0 amide bonds. The lowest BCUT2D eigenvalue weighted by Gasteiger charge is -2.19. The molecule has 6 atom stereocenters. The number of nitrogens with zero attached hydrogens (tertiary/aromatic N) is 1. The zero-order valence-electron chi connectivity index (χ0n) is 16.9. The number of rotatable bonds is 13. The lowest BCUT2D eigenvalue weighted by atomic mass is 10.1. The minimum absolute atomic E-state index is 0.204. The van der Waals surface area contributed by atoms with Crippen molar-refractivity contribution in [3.8, 4) is 0 Å². The van der Waals surface area contributed by atoms with Gasteiger partial charge in [0.15, 0.2) is 6.23 Å². The maximum Gasteiger partial charge on any atom is 0.481 e. The van der Waals surface area contributed by atoms with E-state index in [1.165, 1.54) is 0 Å². The van der Waals surface area contributed by atoms with Crippen molar-refractivity contribution in [3.63, 3.8) is 0 Å². The number of ether oxygens (including phenoxy) is 1. The summed E-state index contributed by atoms with van der Waals surface area (Å²) in [6.45, 7) is -0.531. The number of phosphoric ester groups is 2. The third-order valence-corrected chi connectivity index (χ3v) is 7.06. The fourth-order valence-corrected chi connectivity index (χ4v) is 4.96. The number of aromatic nitrogens is 2. The van der Waals surface area contributed by atoms with E-state index in [0.717, 1.165) is 29.7 Å². The summed E-state index contributed by atoms with van der Waals surface area (Å²) in [5, 5.41) is 20.2. The first-order valence-corrected chi connectivity index (χ1v) is 12.6. The lowest BCUT2D eigenvalue weighted by molar-refractivity contribution is -0.0543. The molecule has 0 aromatic carbocycles. The average Bonchev–Trinajstić information content (AvgIpc) is 2.97. The smallest absolute Gasteiger partial charge is 0.387 e. The predicted octanol–water partition coefficient (Wildman–Crippen LogP) is -1.07. The third-order valence-electron chi connectivity index (χ3n) is 4.42. The van der Waals surface area contributed by atoms with E-state index in [-0.39, 0.29) is 6.61 Å². The van der Waals surface area contributed by atoms with Gasteiger partial charge >= 0.3 is 21.3 Å². The van der Waals surface area contributed by atoms with Crippen LogP contribution in [-0.4, -0.2) is 67.6 Å². The highest BCUT2D eigenvalue weighted by molar-refractivity contribution is 7.61. The Labute approximate surface area is 181 Å². The normalized spacial score (nSPS) is 27.2. The van der Waals surface area contributed by atoms with Crippen molar-refractivity contribution in [2.45, 2.75) is 50.2 Å². The van der Waals surface area contributed by atoms with E-state index in [0.29, 0.717) is 19.4 Å². The maximum absolute atomic E-state index is 12.0. The quantitative estimate of drug-likeness (QED) is 0.139. The first-order chi connectivity index (χ1) is 15.0. The van der Waals surface area contributed by atoms with Crippen LogP contribution in [0.5, 0.6) is 0 Å². The number of hydrogen-bond acceptors (Lipinski definition) is 11. The van der Waals surface area contributed by atoms with Crippen molar-refractivity contribution >= 4 is 15.6 Å². The van der Waals surface area contributed by atoms with Gasteiger partial charge in [-0.25, -0.2) is 13.9 Å². The molecule has 2 heterocycles. The summed E-state index contributed by atoms with van der Waals surface area (Å²) in [5.74, 6) is 0. The van der Waals surface area contributed by atoms with Gasteiger partial charge in [0.1, 0.15) is 18.3 Å². The van der Waals surface area contributed by atoms with E-state index in [1.54, 1.807) is 0 Å². The largest absolute Gasteiger partial charge is 0.481 e. The molecule has 1 aliphatic rings. The highest BCUT2D eigenvalue weighted by atomic mass is 31.3. The Morgan fingerprint density at radius 1 is 1.06 bits per heavy atom. The Balaban J connectivity index is 1.88. The second kappa shape index (κ2) is 11.8. The number of H-pyrrole nitrogens is 1. The van der Waals surface area contributed by atoms with Gasteiger partial charge < -0.3 is 30.5 Å². The molecule has 0 radical (unpaired) electrons. The summed E-state index contributed by atoms with van der Waals surface area (Å²) in [6, 6.07) is 0.987. The van der Waals surface area contributed by atoms with Crippen LogP contribution < -0.4 is 17.0 Å². The molecule has 15 nitrogen and oxygen atoms in total. The highest BCUT2D eigenvalue weighted by Crippen LogP contribution is 2.60. The molecule has 1 aromatic heterocycles. The molecule has 2 rings (SSSR count). The minimum Gasteiger partial charge on any atom is -0.387 e. The van der Waals surface area contributed by atoms with Gasteiger partial charge in [0.25, 0.3) is 5.56 Å². The van der Waals surface area contributed by atoms with Crippen molar-refractivity contribution in [3.05, 3.63) is 33.1 Å². The molecule has 0 bridgehead atoms. The molecular weight excluding hydrogens is 476 g/mol. The van der Waals surface area contributed by atoms with E-state index in [1.807, 2.05) is 4.98 Å². The van der Waals surface area contributed by atoms with E-state index >= 15 is 0 Å². The Kier molecular flexibility index (Phi) is 9.94. The molecule has 7 N–H and O–H groups in total. The molecule has 1 aliphatic heterocycles. The Morgan fingerprint density at radius 2 is 1.72 bits per heavy atom. The zero-order chi connectivity index (χ0) is 23.9. The van der Waals surface area contributed by atoms with E-state index in [9.17, 15) is 38.7 Å². The summed E-state index contributed by atoms with van der Waals surface area (Å²) < 4.78 is 43.3. The first kappa shape index (κ1) is 27.0. The van der Waals surface area contributed by atoms with Gasteiger partial charge in [-0.1, -0.05) is 12.8 Å². The van der Waals surface area contributed by atoms with E-state index in [4.69, 9.17) is 10.5 Å². The number of aliphatic hydroxyl groups is 2. The average molecular weight is 503 g/mol. The topological polar surface area (TPSA) is 233 Å². The van der Waals surface area contributed by atoms with E-state index < -0.39 is 58.0 Å². The third kappa shape index (κ3) is 7.97. The maximum atomic E-state index is 12.0. The zero-order valence-corrected chi connectivity index (χ0v) is 18.7. The van der Waals surface area contributed by atoms with Gasteiger partial charge in [0, 0.05) is 12.3 Å². The fourth-order valence-electron chi connectivity index (χ4n) is 2.85. The molecule has 1 saturated heterocycles. The summed E-state index contributed by atoms with van der Waals surface area (Å²) in [6.07, 6.45) is -2.50. The van der Waals surface area contributed by atoms with Crippen LogP contribution >= 0.6 is 15.6 Å². The molecule has 32 heavy (non-hydrogen) atoms. The number of phosphoric acid groups is 2. The van der Waals surface area contributed by atoms with Crippen molar-refractivity contribution in [1.29, 1.82) is 0 Å². The molecule has 1 fully saturated rings. The SMILES string of the molecule is NCCCCCCOP(=O)(O)OP(=O)(O)OC[C@H]1O[C@@H](n2ccc(=O)[nH]c2=O)[C@H](O)[C@@H]1O. The molecule has 2 unspecified atom stereocenters. The number of nitrogens with two attached hydrogens (primary N) is 1. The minimum atomic E-state index is -5.13. The monoisotopic (exact) mass is 503 g/mol. The molecule has 184 valence electrons. The van der Waals surface area contributed by atoms with Crippen molar-refractivity contribution in [1.82, 2.24) is 9.55 Å². The number of aromatic amines is 1. The van der Waals surface area contributed by atoms with Crippen LogP contribution in [0.15, 0.2) is 21.9 Å². The van der Waals surface area contributed by atoms with Gasteiger partial charge in [-0.15, -0.1) is 0 Å². The predicted molar refractivity (Wildman–Crippen MR) is 107 cm³/mol. The highest BCUT2D eigenvalue weighted by Gasteiger charge is 2.46. The number of unbranched alkanes of at least 4 members (excludes halogenated alkanes) is 3. The molecule has 0 saturated carbocycles. The number of aliphatic hydroxyl groups excluding tert-OH is 2. The van der Waals surface area contributed by atoms with Gasteiger partial charge in [-0.05, 0) is 19.4 Å². The second-order valence-electron chi connectivity index (χ2n) is 6.91. The van der Waals surface area contributed by atoms with Crippen molar-refractivity contribution < 1.29 is 47.2 Å². The Hall–Kier alpha value is -1.22. The Morgan fingerprint density at radius 3 is 2.38 bits per heavy atom. The first-order valence-electron chi connectivity index (χ1n) is 9.65. The standard InChI is InChI=1S/C15H27N3O12P2/c16-6-3-1-2-4-8-27-31(23,24)30-32(25,26)28-9-10-12(20)13(21)14(29-10)18-7-5-11(19)17-15(18)22/h5,7,10,12-14,20-21H,1-4,6,8-9,16H2,(H,23,24)(H,25,26)(H,17,19,22)/t10-,12-,13-,14-/m1/s1.